The van der Waals surface area contributed by atoms with Gasteiger partial charge in [0.05, 0.1) is 6.20 Å². The van der Waals surface area contributed by atoms with Gasteiger partial charge < -0.3 is 5.11 Å². The van der Waals surface area contributed by atoms with Crippen LogP contribution in [0.5, 0.6) is 0 Å². The Morgan fingerprint density at radius 3 is 2.88 bits per heavy atom. The molecule has 0 aliphatic heterocycles. The van der Waals surface area contributed by atoms with Crippen LogP contribution in [0.4, 0.5) is 0 Å². The SMILES string of the molecule is C=Cn1cc(CNC(C(=O)O)C(C)C)cn1. The second-order valence-corrected chi connectivity index (χ2v) is 3.95. The van der Waals surface area contributed by atoms with Crippen molar-refractivity contribution in [2.75, 3.05) is 0 Å². The Kier molecular flexibility index (Phi) is 4.25. The number of hydrogen-bond donors (Lipinski definition) is 2. The summed E-state index contributed by atoms with van der Waals surface area (Å²) in [6.07, 6.45) is 5.08. The van der Waals surface area contributed by atoms with Crippen molar-refractivity contribution in [3.63, 3.8) is 0 Å². The normalized spacial score (nSPS) is 12.7. The minimum Gasteiger partial charge on any atom is -0.480 e. The second kappa shape index (κ2) is 5.46. The first-order chi connectivity index (χ1) is 7.54. The van der Waals surface area contributed by atoms with E-state index in [1.54, 1.807) is 23.3 Å². The van der Waals surface area contributed by atoms with E-state index in [0.717, 1.165) is 5.56 Å². The number of carbonyl (C=O) groups is 1. The minimum absolute atomic E-state index is 0.0481. The van der Waals surface area contributed by atoms with Crippen molar-refractivity contribution in [2.45, 2.75) is 26.4 Å². The molecule has 1 heterocycles. The highest BCUT2D eigenvalue weighted by atomic mass is 16.4. The Bertz CT molecular complexity index is 371. The first-order valence-corrected chi connectivity index (χ1v) is 5.16. The zero-order chi connectivity index (χ0) is 12.1. The summed E-state index contributed by atoms with van der Waals surface area (Å²) in [5.41, 5.74) is 0.937. The van der Waals surface area contributed by atoms with E-state index < -0.39 is 12.0 Å². The van der Waals surface area contributed by atoms with E-state index in [9.17, 15) is 4.79 Å². The number of carboxylic acid groups (broad SMARTS) is 1. The van der Waals surface area contributed by atoms with Crippen molar-refractivity contribution in [1.29, 1.82) is 0 Å². The molecule has 1 aromatic rings. The maximum Gasteiger partial charge on any atom is 0.320 e. The van der Waals surface area contributed by atoms with Gasteiger partial charge in [-0.05, 0) is 5.92 Å². The van der Waals surface area contributed by atoms with E-state index in [-0.39, 0.29) is 5.92 Å². The second-order valence-electron chi connectivity index (χ2n) is 3.95. The van der Waals surface area contributed by atoms with Gasteiger partial charge in [0.15, 0.2) is 0 Å². The number of carboxylic acids is 1. The maximum absolute atomic E-state index is 10.9. The highest BCUT2D eigenvalue weighted by molar-refractivity contribution is 5.73. The lowest BCUT2D eigenvalue weighted by molar-refractivity contribution is -0.140. The van der Waals surface area contributed by atoms with Crippen LogP contribution in [0.2, 0.25) is 0 Å². The van der Waals surface area contributed by atoms with Gasteiger partial charge >= 0.3 is 5.97 Å². The van der Waals surface area contributed by atoms with E-state index in [1.807, 2.05) is 13.8 Å². The fourth-order valence-electron chi connectivity index (χ4n) is 1.40. The molecular weight excluding hydrogens is 206 g/mol. The highest BCUT2D eigenvalue weighted by Crippen LogP contribution is 2.04. The summed E-state index contributed by atoms with van der Waals surface area (Å²) in [6.45, 7) is 7.82. The molecule has 0 fully saturated rings. The Morgan fingerprint density at radius 1 is 1.75 bits per heavy atom. The van der Waals surface area contributed by atoms with Crippen LogP contribution >= 0.6 is 0 Å². The number of nitrogens with one attached hydrogen (secondary N) is 1. The molecule has 0 amide bonds. The van der Waals surface area contributed by atoms with Gasteiger partial charge in [-0.15, -0.1) is 0 Å². The molecule has 1 rings (SSSR count). The third-order valence-electron chi connectivity index (χ3n) is 2.30. The fourth-order valence-corrected chi connectivity index (χ4v) is 1.40. The molecule has 0 aliphatic carbocycles. The molecule has 1 atom stereocenters. The average Bonchev–Trinajstić information content (AvgIpc) is 2.65. The van der Waals surface area contributed by atoms with Crippen LogP contribution in [-0.4, -0.2) is 26.9 Å². The van der Waals surface area contributed by atoms with Crippen LogP contribution in [0.25, 0.3) is 6.20 Å². The van der Waals surface area contributed by atoms with E-state index >= 15 is 0 Å². The van der Waals surface area contributed by atoms with Gasteiger partial charge in [0, 0.05) is 24.5 Å². The molecule has 0 spiro atoms. The molecule has 1 aromatic heterocycles. The molecule has 88 valence electrons. The molecule has 0 bridgehead atoms. The van der Waals surface area contributed by atoms with Crippen LogP contribution in [0, 0.1) is 5.92 Å². The zero-order valence-electron chi connectivity index (χ0n) is 9.55. The molecule has 5 heteroatoms. The summed E-state index contributed by atoms with van der Waals surface area (Å²) in [5.74, 6) is -0.780. The fraction of sp³-hybridized carbons (Fsp3) is 0.455. The van der Waals surface area contributed by atoms with Crippen molar-refractivity contribution in [3.05, 3.63) is 24.5 Å². The average molecular weight is 223 g/mol. The Labute approximate surface area is 94.8 Å². The molecule has 0 radical (unpaired) electrons. The van der Waals surface area contributed by atoms with Gasteiger partial charge in [0.1, 0.15) is 6.04 Å². The predicted octanol–water partition coefficient (Wildman–Crippen LogP) is 1.18. The molecule has 0 aliphatic rings. The lowest BCUT2D eigenvalue weighted by atomic mass is 10.0. The van der Waals surface area contributed by atoms with Crippen LogP contribution in [0.3, 0.4) is 0 Å². The zero-order valence-corrected chi connectivity index (χ0v) is 9.55. The van der Waals surface area contributed by atoms with Crippen molar-refractivity contribution in [3.8, 4) is 0 Å². The minimum atomic E-state index is -0.828. The van der Waals surface area contributed by atoms with Gasteiger partial charge in [0.2, 0.25) is 0 Å². The molecule has 0 saturated carbocycles. The van der Waals surface area contributed by atoms with Crippen molar-refractivity contribution < 1.29 is 9.90 Å². The lowest BCUT2D eigenvalue weighted by Gasteiger charge is -2.17. The van der Waals surface area contributed by atoms with E-state index in [4.69, 9.17) is 5.11 Å². The maximum atomic E-state index is 10.9. The lowest BCUT2D eigenvalue weighted by Crippen LogP contribution is -2.40. The first kappa shape index (κ1) is 12.4. The largest absolute Gasteiger partial charge is 0.480 e. The Balaban J connectivity index is 2.55. The van der Waals surface area contributed by atoms with E-state index in [1.165, 1.54) is 0 Å². The molecular formula is C11H17N3O2. The number of rotatable bonds is 6. The van der Waals surface area contributed by atoms with Gasteiger partial charge in [0.25, 0.3) is 0 Å². The number of hydrogen-bond acceptors (Lipinski definition) is 3. The smallest absolute Gasteiger partial charge is 0.320 e. The number of aliphatic carboxylic acids is 1. The highest BCUT2D eigenvalue weighted by Gasteiger charge is 2.20. The van der Waals surface area contributed by atoms with Crippen molar-refractivity contribution >= 4 is 12.2 Å². The van der Waals surface area contributed by atoms with Crippen LogP contribution in [0.1, 0.15) is 19.4 Å². The van der Waals surface area contributed by atoms with Crippen LogP contribution in [0.15, 0.2) is 19.0 Å². The summed E-state index contributed by atoms with van der Waals surface area (Å²) in [5, 5.41) is 16.0. The number of aromatic nitrogens is 2. The molecule has 2 N–H and O–H groups in total. The van der Waals surface area contributed by atoms with Gasteiger partial charge in [-0.25, -0.2) is 4.68 Å². The summed E-state index contributed by atoms with van der Waals surface area (Å²) in [7, 11) is 0. The van der Waals surface area contributed by atoms with Gasteiger partial charge in [-0.2, -0.15) is 5.10 Å². The molecule has 1 unspecified atom stereocenters. The molecule has 0 aromatic carbocycles. The Morgan fingerprint density at radius 2 is 2.44 bits per heavy atom. The number of nitrogens with zero attached hydrogens (tertiary/aromatic N) is 2. The van der Waals surface area contributed by atoms with Crippen molar-refractivity contribution in [1.82, 2.24) is 15.1 Å². The Hall–Kier alpha value is -1.62. The monoisotopic (exact) mass is 223 g/mol. The summed E-state index contributed by atoms with van der Waals surface area (Å²) >= 11 is 0. The van der Waals surface area contributed by atoms with Crippen LogP contribution < -0.4 is 5.32 Å². The predicted molar refractivity (Wildman–Crippen MR) is 61.7 cm³/mol. The summed E-state index contributed by atoms with van der Waals surface area (Å²) in [6, 6.07) is -0.535. The summed E-state index contributed by atoms with van der Waals surface area (Å²) in [4.78, 5) is 10.9. The molecule has 0 saturated heterocycles. The standard InChI is InChI=1S/C11H17N3O2/c1-4-14-7-9(6-13-14)5-12-10(8(2)3)11(15)16/h4,6-8,10,12H,1,5H2,2-3H3,(H,15,16). The first-order valence-electron chi connectivity index (χ1n) is 5.16. The summed E-state index contributed by atoms with van der Waals surface area (Å²) < 4.78 is 1.59. The van der Waals surface area contributed by atoms with Crippen LogP contribution in [-0.2, 0) is 11.3 Å². The quantitative estimate of drug-likeness (QED) is 0.760. The third kappa shape index (κ3) is 3.20. The topological polar surface area (TPSA) is 67.2 Å². The van der Waals surface area contributed by atoms with Crippen molar-refractivity contribution in [2.24, 2.45) is 5.92 Å². The van der Waals surface area contributed by atoms with Gasteiger partial charge in [-0.3, -0.25) is 10.1 Å². The van der Waals surface area contributed by atoms with E-state index in [0.29, 0.717) is 6.54 Å². The van der Waals surface area contributed by atoms with E-state index in [2.05, 4.69) is 17.0 Å². The third-order valence-corrected chi connectivity index (χ3v) is 2.30. The van der Waals surface area contributed by atoms with Gasteiger partial charge in [-0.1, -0.05) is 20.4 Å². The molecule has 16 heavy (non-hydrogen) atoms. The molecule has 5 nitrogen and oxygen atoms in total.